The van der Waals surface area contributed by atoms with Crippen LogP contribution in [0.2, 0.25) is 0 Å². The van der Waals surface area contributed by atoms with Crippen LogP contribution in [0.5, 0.6) is 0 Å². The lowest BCUT2D eigenvalue weighted by atomic mass is 10.2. The number of hydrogen-bond acceptors (Lipinski definition) is 6. The topological polar surface area (TPSA) is 102 Å². The maximum absolute atomic E-state index is 12.3. The number of aromatic nitrogens is 1. The van der Waals surface area contributed by atoms with Gasteiger partial charge in [0.05, 0.1) is 28.6 Å². The van der Waals surface area contributed by atoms with Gasteiger partial charge in [0.2, 0.25) is 0 Å². The van der Waals surface area contributed by atoms with Crippen LogP contribution >= 0.6 is 11.3 Å². The number of thiazole rings is 1. The lowest BCUT2D eigenvalue weighted by molar-refractivity contribution is -0.384. The van der Waals surface area contributed by atoms with Crippen molar-refractivity contribution in [3.05, 3.63) is 50.5 Å². The Hall–Kier alpha value is -2.48. The SMILES string of the molecule is Nc1nc2c(s1)CN(C(=O)c1cccc([N+](=O)[O-])c1)C2. The van der Waals surface area contributed by atoms with E-state index in [4.69, 9.17) is 5.73 Å². The van der Waals surface area contributed by atoms with Crippen molar-refractivity contribution in [1.29, 1.82) is 0 Å². The highest BCUT2D eigenvalue weighted by atomic mass is 32.1. The predicted molar refractivity (Wildman–Crippen MR) is 73.2 cm³/mol. The summed E-state index contributed by atoms with van der Waals surface area (Å²) in [5, 5.41) is 11.2. The van der Waals surface area contributed by atoms with Crippen molar-refractivity contribution >= 4 is 28.1 Å². The van der Waals surface area contributed by atoms with Gasteiger partial charge in [0.1, 0.15) is 0 Å². The quantitative estimate of drug-likeness (QED) is 0.671. The van der Waals surface area contributed by atoms with Crippen LogP contribution in [0.4, 0.5) is 10.8 Å². The highest BCUT2D eigenvalue weighted by Crippen LogP contribution is 2.30. The van der Waals surface area contributed by atoms with Gasteiger partial charge in [-0.15, -0.1) is 11.3 Å². The number of nitro benzene ring substituents is 1. The molecule has 0 saturated heterocycles. The largest absolute Gasteiger partial charge is 0.375 e. The van der Waals surface area contributed by atoms with Crippen LogP contribution in [0.3, 0.4) is 0 Å². The number of carbonyl (C=O) groups is 1. The second-order valence-electron chi connectivity index (χ2n) is 4.39. The van der Waals surface area contributed by atoms with E-state index in [0.717, 1.165) is 10.6 Å². The molecule has 0 unspecified atom stereocenters. The summed E-state index contributed by atoms with van der Waals surface area (Å²) in [6.45, 7) is 0.844. The smallest absolute Gasteiger partial charge is 0.270 e. The fraction of sp³-hybridized carbons (Fsp3) is 0.167. The Morgan fingerprint density at radius 3 is 2.95 bits per heavy atom. The summed E-state index contributed by atoms with van der Waals surface area (Å²) in [5.74, 6) is -0.238. The van der Waals surface area contributed by atoms with E-state index in [1.807, 2.05) is 0 Å². The number of nitrogen functional groups attached to an aromatic ring is 1. The molecule has 0 aliphatic carbocycles. The Kier molecular flexibility index (Phi) is 2.87. The van der Waals surface area contributed by atoms with Crippen LogP contribution in [0.15, 0.2) is 24.3 Å². The predicted octanol–water partition coefficient (Wildman–Crippen LogP) is 1.79. The molecule has 2 aromatic rings. The zero-order valence-electron chi connectivity index (χ0n) is 10.3. The van der Waals surface area contributed by atoms with E-state index in [-0.39, 0.29) is 11.6 Å². The van der Waals surface area contributed by atoms with Gasteiger partial charge in [-0.1, -0.05) is 6.07 Å². The minimum absolute atomic E-state index is 0.0906. The molecule has 0 spiro atoms. The van der Waals surface area contributed by atoms with Gasteiger partial charge >= 0.3 is 0 Å². The molecule has 8 heteroatoms. The lowest BCUT2D eigenvalue weighted by Gasteiger charge is -2.15. The van der Waals surface area contributed by atoms with Crippen molar-refractivity contribution in [3.63, 3.8) is 0 Å². The molecule has 20 heavy (non-hydrogen) atoms. The third-order valence-electron chi connectivity index (χ3n) is 3.06. The number of nitro groups is 1. The van der Waals surface area contributed by atoms with Crippen molar-refractivity contribution in [2.45, 2.75) is 13.1 Å². The number of carbonyl (C=O) groups excluding carboxylic acids is 1. The molecule has 1 amide bonds. The Balaban J connectivity index is 1.82. The highest BCUT2D eigenvalue weighted by molar-refractivity contribution is 7.15. The second-order valence-corrected chi connectivity index (χ2v) is 5.51. The second kappa shape index (κ2) is 4.57. The van der Waals surface area contributed by atoms with Gasteiger partial charge in [0, 0.05) is 17.7 Å². The average Bonchev–Trinajstić information content (AvgIpc) is 2.95. The number of hydrogen-bond donors (Lipinski definition) is 1. The van der Waals surface area contributed by atoms with Crippen molar-refractivity contribution in [2.24, 2.45) is 0 Å². The van der Waals surface area contributed by atoms with Crippen molar-refractivity contribution in [1.82, 2.24) is 9.88 Å². The van der Waals surface area contributed by atoms with Crippen LogP contribution in [0.25, 0.3) is 0 Å². The molecule has 0 bridgehead atoms. The van der Waals surface area contributed by atoms with Crippen LogP contribution in [-0.2, 0) is 13.1 Å². The third kappa shape index (κ3) is 2.10. The number of rotatable bonds is 2. The Morgan fingerprint density at radius 2 is 2.25 bits per heavy atom. The van der Waals surface area contributed by atoms with Crippen molar-refractivity contribution in [2.75, 3.05) is 5.73 Å². The molecule has 102 valence electrons. The van der Waals surface area contributed by atoms with E-state index in [0.29, 0.717) is 23.8 Å². The number of non-ortho nitro benzene ring substituents is 1. The van der Waals surface area contributed by atoms with Gasteiger partial charge in [0.15, 0.2) is 5.13 Å². The van der Waals surface area contributed by atoms with E-state index in [1.165, 1.54) is 29.5 Å². The van der Waals surface area contributed by atoms with E-state index in [9.17, 15) is 14.9 Å². The van der Waals surface area contributed by atoms with Gasteiger partial charge < -0.3 is 10.6 Å². The molecular formula is C12H10N4O3S. The number of anilines is 1. The zero-order valence-corrected chi connectivity index (χ0v) is 11.1. The summed E-state index contributed by atoms with van der Waals surface area (Å²) in [5.41, 5.74) is 6.63. The molecule has 2 N–H and O–H groups in total. The Bertz CT molecular complexity index is 689. The summed E-state index contributed by atoms with van der Waals surface area (Å²) in [4.78, 5) is 29.3. The first kappa shape index (κ1) is 12.5. The third-order valence-corrected chi connectivity index (χ3v) is 3.97. The summed E-state index contributed by atoms with van der Waals surface area (Å²) in [7, 11) is 0. The summed E-state index contributed by atoms with van der Waals surface area (Å²) >= 11 is 1.37. The first-order valence-corrected chi connectivity index (χ1v) is 6.64. The molecule has 1 aliphatic rings. The van der Waals surface area contributed by atoms with E-state index >= 15 is 0 Å². The standard InChI is InChI=1S/C12H10N4O3S/c13-12-14-9-5-15(6-10(9)20-12)11(17)7-2-1-3-8(4-7)16(18)19/h1-4H,5-6H2,(H2,13,14). The number of nitrogens with zero attached hydrogens (tertiary/aromatic N) is 3. The van der Waals surface area contributed by atoms with Gasteiger partial charge in [-0.25, -0.2) is 4.98 Å². The van der Waals surface area contributed by atoms with E-state index < -0.39 is 4.92 Å². The van der Waals surface area contributed by atoms with Gasteiger partial charge in [0.25, 0.3) is 11.6 Å². The molecule has 0 fully saturated rings. The van der Waals surface area contributed by atoms with Crippen LogP contribution < -0.4 is 5.73 Å². The summed E-state index contributed by atoms with van der Waals surface area (Å²) < 4.78 is 0. The minimum atomic E-state index is -0.514. The normalized spacial score (nSPS) is 13.3. The number of nitrogens with two attached hydrogens (primary N) is 1. The molecule has 7 nitrogen and oxygen atoms in total. The lowest BCUT2D eigenvalue weighted by Crippen LogP contribution is -2.25. The van der Waals surface area contributed by atoms with Gasteiger partial charge in [-0.2, -0.15) is 0 Å². The summed E-state index contributed by atoms with van der Waals surface area (Å²) in [6.07, 6.45) is 0. The van der Waals surface area contributed by atoms with Gasteiger partial charge in [-0.3, -0.25) is 14.9 Å². The number of fused-ring (bicyclic) bond motifs is 1. The average molecular weight is 290 g/mol. The van der Waals surface area contributed by atoms with E-state index in [1.54, 1.807) is 11.0 Å². The summed E-state index contributed by atoms with van der Waals surface area (Å²) in [6, 6.07) is 5.73. The van der Waals surface area contributed by atoms with Crippen molar-refractivity contribution < 1.29 is 9.72 Å². The van der Waals surface area contributed by atoms with Gasteiger partial charge in [-0.05, 0) is 6.07 Å². The van der Waals surface area contributed by atoms with Crippen LogP contribution in [-0.4, -0.2) is 20.7 Å². The first-order valence-electron chi connectivity index (χ1n) is 5.82. The molecule has 1 aliphatic heterocycles. The fourth-order valence-electron chi connectivity index (χ4n) is 2.14. The minimum Gasteiger partial charge on any atom is -0.375 e. The monoisotopic (exact) mass is 290 g/mol. The number of amides is 1. The van der Waals surface area contributed by atoms with Crippen LogP contribution in [0.1, 0.15) is 20.9 Å². The fourth-order valence-corrected chi connectivity index (χ4v) is 3.00. The maximum Gasteiger partial charge on any atom is 0.270 e. The highest BCUT2D eigenvalue weighted by Gasteiger charge is 2.28. The first-order chi connectivity index (χ1) is 9.54. The molecule has 2 heterocycles. The maximum atomic E-state index is 12.3. The molecule has 0 saturated carbocycles. The molecule has 1 aromatic carbocycles. The van der Waals surface area contributed by atoms with E-state index in [2.05, 4.69) is 4.98 Å². The zero-order chi connectivity index (χ0) is 14.3. The van der Waals surface area contributed by atoms with Crippen LogP contribution in [0, 0.1) is 10.1 Å². The number of benzene rings is 1. The molecule has 0 atom stereocenters. The molecule has 1 aromatic heterocycles. The van der Waals surface area contributed by atoms with Crippen molar-refractivity contribution in [3.8, 4) is 0 Å². The molecular weight excluding hydrogens is 280 g/mol. The molecule has 3 rings (SSSR count). The molecule has 0 radical (unpaired) electrons. The Labute approximate surface area is 117 Å². The Morgan fingerprint density at radius 1 is 1.45 bits per heavy atom.